The van der Waals surface area contributed by atoms with E-state index in [0.717, 1.165) is 19.5 Å². The van der Waals surface area contributed by atoms with Gasteiger partial charge in [0, 0.05) is 49.8 Å². The molecule has 1 aromatic carbocycles. The summed E-state index contributed by atoms with van der Waals surface area (Å²) in [5, 5.41) is 6.38. The summed E-state index contributed by atoms with van der Waals surface area (Å²) in [5.74, 6) is -0.854. The smallest absolute Gasteiger partial charge is 0.257 e. The molecule has 1 saturated heterocycles. The molecule has 2 aromatic rings. The van der Waals surface area contributed by atoms with Gasteiger partial charge in [0.15, 0.2) is 0 Å². The summed E-state index contributed by atoms with van der Waals surface area (Å²) in [6, 6.07) is 3.02. The molecular weight excluding hydrogens is 359 g/mol. The maximum Gasteiger partial charge on any atom is 0.257 e. The van der Waals surface area contributed by atoms with Crippen LogP contribution in [0.1, 0.15) is 44.5 Å². The Morgan fingerprint density at radius 2 is 1.93 bits per heavy atom. The van der Waals surface area contributed by atoms with Crippen LogP contribution in [0.25, 0.3) is 10.9 Å². The third-order valence-electron chi connectivity index (χ3n) is 5.53. The van der Waals surface area contributed by atoms with Crippen LogP contribution in [0.3, 0.4) is 0 Å². The minimum Gasteiger partial charge on any atom is -0.367 e. The predicted octanol–water partition coefficient (Wildman–Crippen LogP) is 2.49. The van der Waals surface area contributed by atoms with Crippen molar-refractivity contribution in [3.63, 3.8) is 0 Å². The molecule has 1 aliphatic heterocycles. The molecule has 7 heteroatoms. The molecule has 6 nitrogen and oxygen atoms in total. The minimum absolute atomic E-state index is 0.0465. The Morgan fingerprint density at radius 3 is 2.54 bits per heavy atom. The van der Waals surface area contributed by atoms with Gasteiger partial charge < -0.3 is 20.1 Å². The first-order valence-electron chi connectivity index (χ1n) is 9.92. The molecule has 0 spiro atoms. The van der Waals surface area contributed by atoms with E-state index < -0.39 is 22.7 Å². The van der Waals surface area contributed by atoms with Gasteiger partial charge in [-0.2, -0.15) is 0 Å². The Bertz CT molecular complexity index is 946. The van der Waals surface area contributed by atoms with Crippen LogP contribution in [0.15, 0.2) is 23.1 Å². The normalized spacial score (nSPS) is 15.1. The highest BCUT2D eigenvalue weighted by Gasteiger charge is 2.23. The summed E-state index contributed by atoms with van der Waals surface area (Å²) >= 11 is 0. The molecule has 152 valence electrons. The van der Waals surface area contributed by atoms with Crippen molar-refractivity contribution in [2.75, 3.05) is 31.1 Å². The van der Waals surface area contributed by atoms with E-state index in [1.807, 2.05) is 37.2 Å². The molecule has 1 amide bonds. The van der Waals surface area contributed by atoms with E-state index in [0.29, 0.717) is 30.8 Å². The third-order valence-corrected chi connectivity index (χ3v) is 5.53. The number of hydrogen-bond donors (Lipinski definition) is 2. The largest absolute Gasteiger partial charge is 0.367 e. The second-order valence-corrected chi connectivity index (χ2v) is 7.91. The predicted molar refractivity (Wildman–Crippen MR) is 111 cm³/mol. The molecule has 1 fully saturated rings. The molecule has 0 atom stereocenters. The lowest BCUT2D eigenvalue weighted by atomic mass is 10.0. The maximum absolute atomic E-state index is 14.9. The van der Waals surface area contributed by atoms with Crippen molar-refractivity contribution in [3.8, 4) is 0 Å². The van der Waals surface area contributed by atoms with Crippen molar-refractivity contribution in [3.05, 3.63) is 39.9 Å². The van der Waals surface area contributed by atoms with Crippen LogP contribution in [-0.4, -0.2) is 42.2 Å². The fourth-order valence-electron chi connectivity index (χ4n) is 3.43. The Morgan fingerprint density at radius 1 is 1.25 bits per heavy atom. The fraction of sp³-hybridized carbons (Fsp3) is 0.524. The number of benzene rings is 1. The van der Waals surface area contributed by atoms with Crippen molar-refractivity contribution >= 4 is 22.5 Å². The van der Waals surface area contributed by atoms with Crippen molar-refractivity contribution in [2.45, 2.75) is 46.2 Å². The van der Waals surface area contributed by atoms with Crippen LogP contribution in [0, 0.1) is 5.82 Å². The number of aromatic nitrogens is 1. The highest BCUT2D eigenvalue weighted by Crippen LogP contribution is 2.25. The fourth-order valence-corrected chi connectivity index (χ4v) is 3.43. The number of carbonyl (C=O) groups is 1. The maximum atomic E-state index is 14.9. The molecule has 1 aliphatic rings. The molecule has 2 N–H and O–H groups in total. The average Bonchev–Trinajstić information content (AvgIpc) is 2.68. The topological polar surface area (TPSA) is 66.4 Å². The number of pyridine rings is 1. The number of aryl methyl sites for hydroxylation is 1. The van der Waals surface area contributed by atoms with Crippen molar-refractivity contribution in [2.24, 2.45) is 0 Å². The Kier molecular flexibility index (Phi) is 5.74. The molecule has 0 aliphatic carbocycles. The number of rotatable bonds is 5. The highest BCUT2D eigenvalue weighted by molar-refractivity contribution is 5.98. The number of amides is 1. The first kappa shape index (κ1) is 20.3. The lowest BCUT2D eigenvalue weighted by Gasteiger charge is -2.30. The molecular formula is C21H29FN4O2. The lowest BCUT2D eigenvalue weighted by molar-refractivity contribution is 0.0909. The standard InChI is InChI=1S/C21H29FN4O2/c1-5-21(3,4)24-20(28)15-13-25(6-2)17-12-18(26-9-7-23-8-10-26)16(22)11-14(17)19(15)27/h11-13,23H,5-10H2,1-4H3,(H,24,28). The summed E-state index contributed by atoms with van der Waals surface area (Å²) in [5.41, 5.74) is 0.334. The number of nitrogens with one attached hydrogen (secondary N) is 2. The second-order valence-electron chi connectivity index (χ2n) is 7.91. The number of carbonyl (C=O) groups excluding carboxylic acids is 1. The SMILES string of the molecule is CCn1cc(C(=O)NC(C)(C)CC)c(=O)c2cc(F)c(N3CCNCC3)cc21. The molecule has 2 heterocycles. The van der Waals surface area contributed by atoms with Gasteiger partial charge in [-0.1, -0.05) is 6.92 Å². The van der Waals surface area contributed by atoms with E-state index in [2.05, 4.69) is 10.6 Å². The third kappa shape index (κ3) is 3.90. The van der Waals surface area contributed by atoms with E-state index >= 15 is 0 Å². The Labute approximate surface area is 164 Å². The number of fused-ring (bicyclic) bond motifs is 1. The van der Waals surface area contributed by atoms with E-state index in [9.17, 15) is 14.0 Å². The second kappa shape index (κ2) is 7.91. The van der Waals surface area contributed by atoms with Gasteiger partial charge in [0.05, 0.1) is 11.2 Å². The monoisotopic (exact) mass is 388 g/mol. The summed E-state index contributed by atoms with van der Waals surface area (Å²) in [4.78, 5) is 27.7. The van der Waals surface area contributed by atoms with E-state index in [1.165, 1.54) is 6.07 Å². The zero-order valence-corrected chi connectivity index (χ0v) is 17.1. The number of anilines is 1. The van der Waals surface area contributed by atoms with Crippen LogP contribution < -0.4 is 21.0 Å². The Balaban J connectivity index is 2.11. The summed E-state index contributed by atoms with van der Waals surface area (Å²) in [6.45, 7) is 11.3. The van der Waals surface area contributed by atoms with Gasteiger partial charge in [-0.15, -0.1) is 0 Å². The summed E-state index contributed by atoms with van der Waals surface area (Å²) in [6.07, 6.45) is 2.32. The van der Waals surface area contributed by atoms with Gasteiger partial charge in [0.2, 0.25) is 5.43 Å². The van der Waals surface area contributed by atoms with Crippen LogP contribution in [-0.2, 0) is 6.54 Å². The number of nitrogens with zero attached hydrogens (tertiary/aromatic N) is 2. The molecule has 28 heavy (non-hydrogen) atoms. The Hall–Kier alpha value is -2.41. The summed E-state index contributed by atoms with van der Waals surface area (Å²) < 4.78 is 16.7. The number of hydrogen-bond acceptors (Lipinski definition) is 4. The first-order chi connectivity index (χ1) is 13.3. The molecule has 0 radical (unpaired) electrons. The summed E-state index contributed by atoms with van der Waals surface area (Å²) in [7, 11) is 0. The molecule has 3 rings (SSSR count). The van der Waals surface area contributed by atoms with Gasteiger partial charge in [0.1, 0.15) is 11.4 Å². The lowest BCUT2D eigenvalue weighted by Crippen LogP contribution is -2.44. The van der Waals surface area contributed by atoms with Crippen molar-refractivity contribution in [1.82, 2.24) is 15.2 Å². The van der Waals surface area contributed by atoms with E-state index in [1.54, 1.807) is 12.3 Å². The molecule has 0 saturated carbocycles. The zero-order valence-electron chi connectivity index (χ0n) is 17.1. The van der Waals surface area contributed by atoms with Gasteiger partial charge in [-0.25, -0.2) is 4.39 Å². The van der Waals surface area contributed by atoms with Crippen molar-refractivity contribution < 1.29 is 9.18 Å². The van der Waals surface area contributed by atoms with E-state index in [-0.39, 0.29) is 10.9 Å². The number of piperazine rings is 1. The molecule has 1 aromatic heterocycles. The van der Waals surface area contributed by atoms with Gasteiger partial charge in [-0.05, 0) is 39.3 Å². The van der Waals surface area contributed by atoms with Gasteiger partial charge in [-0.3, -0.25) is 9.59 Å². The van der Waals surface area contributed by atoms with Crippen LogP contribution in [0.4, 0.5) is 10.1 Å². The number of halogens is 1. The quantitative estimate of drug-likeness (QED) is 0.826. The van der Waals surface area contributed by atoms with Gasteiger partial charge in [0.25, 0.3) is 5.91 Å². The van der Waals surface area contributed by atoms with Crippen LogP contribution >= 0.6 is 0 Å². The first-order valence-corrected chi connectivity index (χ1v) is 9.92. The average molecular weight is 388 g/mol. The minimum atomic E-state index is -0.435. The van der Waals surface area contributed by atoms with Crippen LogP contribution in [0.5, 0.6) is 0 Å². The van der Waals surface area contributed by atoms with Crippen molar-refractivity contribution in [1.29, 1.82) is 0 Å². The molecule has 0 unspecified atom stereocenters. The molecule has 0 bridgehead atoms. The van der Waals surface area contributed by atoms with Crippen LogP contribution in [0.2, 0.25) is 0 Å². The highest BCUT2D eigenvalue weighted by atomic mass is 19.1. The van der Waals surface area contributed by atoms with E-state index in [4.69, 9.17) is 0 Å². The van der Waals surface area contributed by atoms with Gasteiger partial charge >= 0.3 is 0 Å². The zero-order chi connectivity index (χ0) is 20.5.